The van der Waals surface area contributed by atoms with Crippen LogP contribution in [0.4, 0.5) is 0 Å². The van der Waals surface area contributed by atoms with E-state index in [2.05, 4.69) is 21.7 Å². The van der Waals surface area contributed by atoms with Crippen LogP contribution in [0.15, 0.2) is 23.2 Å². The van der Waals surface area contributed by atoms with Crippen LogP contribution in [-0.4, -0.2) is 49.5 Å². The van der Waals surface area contributed by atoms with Crippen molar-refractivity contribution in [3.05, 3.63) is 33.8 Å². The number of benzene rings is 1. The maximum atomic E-state index is 6.38. The lowest BCUT2D eigenvalue weighted by Gasteiger charge is -2.38. The first-order valence-electron chi connectivity index (χ1n) is 6.53. The van der Waals surface area contributed by atoms with Gasteiger partial charge in [-0.05, 0) is 32.6 Å². The Kier molecular flexibility index (Phi) is 4.47. The molecule has 6 heteroatoms. The van der Waals surface area contributed by atoms with Gasteiger partial charge in [0.2, 0.25) is 0 Å². The fourth-order valence-electron chi connectivity index (χ4n) is 2.47. The highest BCUT2D eigenvalue weighted by Crippen LogP contribution is 2.39. The van der Waals surface area contributed by atoms with E-state index in [1.54, 1.807) is 6.07 Å². The van der Waals surface area contributed by atoms with Crippen LogP contribution in [0.1, 0.15) is 12.5 Å². The van der Waals surface area contributed by atoms with Gasteiger partial charge in [0.1, 0.15) is 0 Å². The first-order valence-corrected chi connectivity index (χ1v) is 7.28. The zero-order chi connectivity index (χ0) is 14.9. The fraction of sp³-hybridized carbons (Fsp3) is 0.500. The van der Waals surface area contributed by atoms with Crippen molar-refractivity contribution in [2.75, 3.05) is 33.7 Å². The number of halogens is 2. The first kappa shape index (κ1) is 15.4. The van der Waals surface area contributed by atoms with E-state index in [0.717, 1.165) is 18.7 Å². The summed E-state index contributed by atoms with van der Waals surface area (Å²) in [7, 11) is 4.07. The lowest BCUT2D eigenvalue weighted by Crippen LogP contribution is -2.49. The maximum absolute atomic E-state index is 6.38. The van der Waals surface area contributed by atoms with Gasteiger partial charge in [0.25, 0.3) is 0 Å². The highest BCUT2D eigenvalue weighted by Gasteiger charge is 2.40. The zero-order valence-corrected chi connectivity index (χ0v) is 13.5. The Bertz CT molecular complexity index is 530. The molecule has 0 radical (unpaired) electrons. The van der Waals surface area contributed by atoms with E-state index in [-0.39, 0.29) is 5.54 Å². The molecule has 1 aliphatic heterocycles. The van der Waals surface area contributed by atoms with Gasteiger partial charge < -0.3 is 15.5 Å². The molecule has 0 saturated heterocycles. The summed E-state index contributed by atoms with van der Waals surface area (Å²) in [6.07, 6.45) is 0. The molecule has 1 aliphatic rings. The molecule has 1 atom stereocenters. The molecule has 0 amide bonds. The van der Waals surface area contributed by atoms with Gasteiger partial charge in [0.05, 0.1) is 22.1 Å². The van der Waals surface area contributed by atoms with Gasteiger partial charge in [-0.1, -0.05) is 35.3 Å². The molecule has 2 rings (SSSR count). The van der Waals surface area contributed by atoms with E-state index in [0.29, 0.717) is 22.5 Å². The predicted octanol–water partition coefficient (Wildman–Crippen LogP) is 2.40. The average Bonchev–Trinajstić information content (AvgIpc) is 2.67. The third-order valence-corrected chi connectivity index (χ3v) is 4.54. The standard InChI is InChI=1S/C14H20Cl2N4/c1-14(10-5-4-6-11(15)12(10)16)9-18-13(17)20(14)8-7-19(2)3/h4-6H,7-9H2,1-3H3,(H2,17,18). The number of nitrogens with zero attached hydrogens (tertiary/aromatic N) is 3. The predicted molar refractivity (Wildman–Crippen MR) is 85.6 cm³/mol. The topological polar surface area (TPSA) is 44.9 Å². The van der Waals surface area contributed by atoms with Crippen LogP contribution < -0.4 is 5.73 Å². The van der Waals surface area contributed by atoms with E-state index >= 15 is 0 Å². The number of aliphatic imine (C=N–C) groups is 1. The summed E-state index contributed by atoms with van der Waals surface area (Å²) in [6, 6.07) is 5.69. The van der Waals surface area contributed by atoms with Crippen LogP contribution in [0.25, 0.3) is 0 Å². The molecule has 0 bridgehead atoms. The summed E-state index contributed by atoms with van der Waals surface area (Å²) in [6.45, 7) is 4.38. The Balaban J connectivity index is 2.35. The summed E-state index contributed by atoms with van der Waals surface area (Å²) in [4.78, 5) is 8.61. The van der Waals surface area contributed by atoms with Crippen LogP contribution in [0.3, 0.4) is 0 Å². The number of rotatable bonds is 4. The van der Waals surface area contributed by atoms with Crippen molar-refractivity contribution in [2.24, 2.45) is 10.7 Å². The van der Waals surface area contributed by atoms with Crippen molar-refractivity contribution in [2.45, 2.75) is 12.5 Å². The largest absolute Gasteiger partial charge is 0.370 e. The van der Waals surface area contributed by atoms with E-state index in [1.807, 2.05) is 26.2 Å². The minimum Gasteiger partial charge on any atom is -0.370 e. The molecule has 0 spiro atoms. The van der Waals surface area contributed by atoms with Crippen molar-refractivity contribution in [3.63, 3.8) is 0 Å². The molecule has 110 valence electrons. The summed E-state index contributed by atoms with van der Waals surface area (Å²) in [5.41, 5.74) is 6.67. The second-order valence-corrected chi connectivity index (χ2v) is 6.29. The molecular formula is C14H20Cl2N4. The van der Waals surface area contributed by atoms with Gasteiger partial charge >= 0.3 is 0 Å². The summed E-state index contributed by atoms with van der Waals surface area (Å²) < 4.78 is 0. The third-order valence-electron chi connectivity index (χ3n) is 3.72. The molecule has 2 N–H and O–H groups in total. The number of hydrogen-bond donors (Lipinski definition) is 1. The molecule has 0 saturated carbocycles. The SMILES string of the molecule is CN(C)CCN1C(N)=NCC1(C)c1cccc(Cl)c1Cl. The summed E-state index contributed by atoms with van der Waals surface area (Å²) in [5.74, 6) is 0.561. The molecule has 1 unspecified atom stereocenters. The van der Waals surface area contributed by atoms with Crippen molar-refractivity contribution < 1.29 is 0 Å². The van der Waals surface area contributed by atoms with Gasteiger partial charge in [-0.2, -0.15) is 0 Å². The average molecular weight is 315 g/mol. The fourth-order valence-corrected chi connectivity index (χ4v) is 2.97. The third kappa shape index (κ3) is 2.73. The smallest absolute Gasteiger partial charge is 0.192 e. The van der Waals surface area contributed by atoms with Gasteiger partial charge in [-0.15, -0.1) is 0 Å². The first-order chi connectivity index (χ1) is 9.36. The molecule has 0 aliphatic carbocycles. The molecule has 0 fully saturated rings. The lowest BCUT2D eigenvalue weighted by atomic mass is 9.91. The number of nitrogens with two attached hydrogens (primary N) is 1. The van der Waals surface area contributed by atoms with Crippen LogP contribution >= 0.6 is 23.2 Å². The Morgan fingerprint density at radius 3 is 2.75 bits per heavy atom. The van der Waals surface area contributed by atoms with Crippen molar-refractivity contribution >= 4 is 29.2 Å². The highest BCUT2D eigenvalue weighted by molar-refractivity contribution is 6.42. The Morgan fingerprint density at radius 2 is 2.10 bits per heavy atom. The highest BCUT2D eigenvalue weighted by atomic mass is 35.5. The summed E-state index contributed by atoms with van der Waals surface area (Å²) >= 11 is 12.5. The van der Waals surface area contributed by atoms with Gasteiger partial charge in [0.15, 0.2) is 5.96 Å². The molecular weight excluding hydrogens is 295 g/mol. The van der Waals surface area contributed by atoms with Crippen LogP contribution in [0.5, 0.6) is 0 Å². The number of likely N-dealkylation sites (N-methyl/N-ethyl adjacent to an activating group) is 1. The van der Waals surface area contributed by atoms with Gasteiger partial charge in [0, 0.05) is 13.1 Å². The van der Waals surface area contributed by atoms with Crippen molar-refractivity contribution in [1.29, 1.82) is 0 Å². The second-order valence-electron chi connectivity index (χ2n) is 5.50. The van der Waals surface area contributed by atoms with E-state index in [9.17, 15) is 0 Å². The van der Waals surface area contributed by atoms with E-state index in [4.69, 9.17) is 28.9 Å². The zero-order valence-electron chi connectivity index (χ0n) is 12.0. The summed E-state index contributed by atoms with van der Waals surface area (Å²) in [5, 5.41) is 1.14. The Morgan fingerprint density at radius 1 is 1.40 bits per heavy atom. The molecule has 1 heterocycles. The quantitative estimate of drug-likeness (QED) is 0.928. The maximum Gasteiger partial charge on any atom is 0.192 e. The van der Waals surface area contributed by atoms with E-state index < -0.39 is 0 Å². The van der Waals surface area contributed by atoms with Gasteiger partial charge in [-0.3, -0.25) is 4.99 Å². The molecule has 20 heavy (non-hydrogen) atoms. The normalized spacial score (nSPS) is 22.5. The molecule has 0 aromatic heterocycles. The molecule has 1 aromatic rings. The molecule has 1 aromatic carbocycles. The lowest BCUT2D eigenvalue weighted by molar-refractivity contribution is 0.205. The van der Waals surface area contributed by atoms with Crippen LogP contribution in [-0.2, 0) is 5.54 Å². The Hall–Kier alpha value is -0.970. The van der Waals surface area contributed by atoms with Gasteiger partial charge in [-0.25, -0.2) is 0 Å². The minimum atomic E-state index is -0.345. The van der Waals surface area contributed by atoms with Crippen molar-refractivity contribution in [3.8, 4) is 0 Å². The number of guanidine groups is 1. The minimum absolute atomic E-state index is 0.345. The van der Waals surface area contributed by atoms with Crippen LogP contribution in [0.2, 0.25) is 10.0 Å². The Labute approximate surface area is 130 Å². The van der Waals surface area contributed by atoms with Crippen LogP contribution in [0, 0.1) is 0 Å². The molecule has 4 nitrogen and oxygen atoms in total. The second kappa shape index (κ2) is 5.80. The van der Waals surface area contributed by atoms with E-state index in [1.165, 1.54) is 0 Å². The van der Waals surface area contributed by atoms with Crippen molar-refractivity contribution in [1.82, 2.24) is 9.80 Å². The number of hydrogen-bond acceptors (Lipinski definition) is 4. The monoisotopic (exact) mass is 314 g/mol.